The number of nitrogens with two attached hydrogens (primary N) is 1. The van der Waals surface area contributed by atoms with Gasteiger partial charge in [-0.1, -0.05) is 0 Å². The maximum Gasteiger partial charge on any atom is 0.341 e. The molecule has 0 amide bonds. The molecule has 0 radical (unpaired) electrons. The zero-order valence-corrected chi connectivity index (χ0v) is 12.0. The van der Waals surface area contributed by atoms with E-state index in [0.29, 0.717) is 16.9 Å². The van der Waals surface area contributed by atoms with Crippen molar-refractivity contribution in [3.05, 3.63) is 22.5 Å². The third-order valence-electron chi connectivity index (χ3n) is 3.68. The van der Waals surface area contributed by atoms with Crippen LogP contribution in [-0.2, 0) is 11.3 Å². The highest BCUT2D eigenvalue weighted by Gasteiger charge is 2.22. The van der Waals surface area contributed by atoms with Crippen molar-refractivity contribution in [2.24, 2.45) is 0 Å². The second-order valence-electron chi connectivity index (χ2n) is 4.63. The molecule has 2 rings (SSSR count). The van der Waals surface area contributed by atoms with E-state index >= 15 is 0 Å². The lowest BCUT2D eigenvalue weighted by Crippen LogP contribution is -2.10. The monoisotopic (exact) mass is 261 g/mol. The standard InChI is InChI=1S/C14H19N3O2/c1-6-17-9(4)7(2)10-12(15)11(14(18)19-5)8(3)16-13(10)17/h6H2,1-5H3,(H2,15,16). The van der Waals surface area contributed by atoms with E-state index in [2.05, 4.69) is 16.5 Å². The fourth-order valence-corrected chi connectivity index (χ4v) is 2.56. The molecule has 0 saturated heterocycles. The number of hydrogen-bond acceptors (Lipinski definition) is 4. The molecular weight excluding hydrogens is 242 g/mol. The molecule has 0 aromatic carbocycles. The van der Waals surface area contributed by atoms with Crippen LogP contribution in [0.1, 0.15) is 34.2 Å². The normalized spacial score (nSPS) is 11.0. The zero-order chi connectivity index (χ0) is 14.3. The van der Waals surface area contributed by atoms with E-state index in [0.717, 1.165) is 28.8 Å². The number of aromatic nitrogens is 2. The van der Waals surface area contributed by atoms with Crippen molar-refractivity contribution in [1.29, 1.82) is 0 Å². The van der Waals surface area contributed by atoms with Crippen LogP contribution in [0.15, 0.2) is 0 Å². The average molecular weight is 261 g/mol. The lowest BCUT2D eigenvalue weighted by atomic mass is 10.1. The van der Waals surface area contributed by atoms with Crippen LogP contribution >= 0.6 is 0 Å². The molecule has 0 aliphatic carbocycles. The second-order valence-corrected chi connectivity index (χ2v) is 4.63. The first-order valence-electron chi connectivity index (χ1n) is 6.27. The Balaban J connectivity index is 2.93. The van der Waals surface area contributed by atoms with Gasteiger partial charge in [-0.15, -0.1) is 0 Å². The van der Waals surface area contributed by atoms with Gasteiger partial charge in [0.05, 0.1) is 18.5 Å². The van der Waals surface area contributed by atoms with Crippen LogP contribution in [0.3, 0.4) is 0 Å². The Kier molecular flexibility index (Phi) is 3.22. The summed E-state index contributed by atoms with van der Waals surface area (Å²) in [6, 6.07) is 0. The van der Waals surface area contributed by atoms with Crippen molar-refractivity contribution in [3.8, 4) is 0 Å². The lowest BCUT2D eigenvalue weighted by molar-refractivity contribution is 0.0601. The molecule has 19 heavy (non-hydrogen) atoms. The third kappa shape index (κ3) is 1.77. The molecule has 0 bridgehead atoms. The van der Waals surface area contributed by atoms with Gasteiger partial charge >= 0.3 is 5.97 Å². The Hall–Kier alpha value is -2.04. The quantitative estimate of drug-likeness (QED) is 0.842. The van der Waals surface area contributed by atoms with Gasteiger partial charge in [0.2, 0.25) is 0 Å². The summed E-state index contributed by atoms with van der Waals surface area (Å²) in [5, 5.41) is 0.852. The highest BCUT2D eigenvalue weighted by Crippen LogP contribution is 2.32. The van der Waals surface area contributed by atoms with Gasteiger partial charge in [0.15, 0.2) is 0 Å². The molecule has 0 unspecified atom stereocenters. The largest absolute Gasteiger partial charge is 0.465 e. The molecule has 5 heteroatoms. The topological polar surface area (TPSA) is 70.1 Å². The number of nitrogens with zero attached hydrogens (tertiary/aromatic N) is 2. The van der Waals surface area contributed by atoms with Gasteiger partial charge in [0, 0.05) is 17.6 Å². The molecule has 0 saturated carbocycles. The Labute approximate surface area is 112 Å². The van der Waals surface area contributed by atoms with E-state index in [4.69, 9.17) is 10.5 Å². The second kappa shape index (κ2) is 4.57. The fourth-order valence-electron chi connectivity index (χ4n) is 2.56. The van der Waals surface area contributed by atoms with Crippen molar-refractivity contribution < 1.29 is 9.53 Å². The highest BCUT2D eigenvalue weighted by atomic mass is 16.5. The van der Waals surface area contributed by atoms with Crippen molar-refractivity contribution >= 4 is 22.7 Å². The van der Waals surface area contributed by atoms with Gasteiger partial charge in [-0.3, -0.25) is 0 Å². The third-order valence-corrected chi connectivity index (χ3v) is 3.68. The molecule has 102 valence electrons. The first-order valence-corrected chi connectivity index (χ1v) is 6.27. The van der Waals surface area contributed by atoms with Crippen LogP contribution in [-0.4, -0.2) is 22.6 Å². The summed E-state index contributed by atoms with van der Waals surface area (Å²) in [5.41, 5.74) is 10.6. The summed E-state index contributed by atoms with van der Waals surface area (Å²) in [5.74, 6) is -0.439. The number of aryl methyl sites for hydroxylation is 3. The van der Waals surface area contributed by atoms with Crippen molar-refractivity contribution in [3.63, 3.8) is 0 Å². The van der Waals surface area contributed by atoms with Crippen LogP contribution in [0.2, 0.25) is 0 Å². The minimum Gasteiger partial charge on any atom is -0.465 e. The number of fused-ring (bicyclic) bond motifs is 1. The van der Waals surface area contributed by atoms with Crippen LogP contribution in [0.5, 0.6) is 0 Å². The van der Waals surface area contributed by atoms with Crippen molar-refractivity contribution in [2.45, 2.75) is 34.2 Å². The minimum atomic E-state index is -0.439. The van der Waals surface area contributed by atoms with Crippen LogP contribution in [0.25, 0.3) is 11.0 Å². The molecule has 5 nitrogen and oxygen atoms in total. The number of rotatable bonds is 2. The first kappa shape index (κ1) is 13.4. The molecular formula is C14H19N3O2. The molecule has 0 fully saturated rings. The van der Waals surface area contributed by atoms with Crippen LogP contribution in [0.4, 0.5) is 5.69 Å². The summed E-state index contributed by atoms with van der Waals surface area (Å²) in [6.07, 6.45) is 0. The molecule has 2 heterocycles. The number of ether oxygens (including phenoxy) is 1. The maximum atomic E-state index is 11.8. The van der Waals surface area contributed by atoms with E-state index in [1.165, 1.54) is 7.11 Å². The molecule has 2 N–H and O–H groups in total. The number of nitrogen functional groups attached to an aromatic ring is 1. The number of carbonyl (C=O) groups excluding carboxylic acids is 1. The first-order chi connectivity index (χ1) is 8.93. The maximum absolute atomic E-state index is 11.8. The zero-order valence-electron chi connectivity index (χ0n) is 12.0. The van der Waals surface area contributed by atoms with E-state index in [1.807, 2.05) is 13.8 Å². The van der Waals surface area contributed by atoms with Gasteiger partial charge in [0.25, 0.3) is 0 Å². The smallest absolute Gasteiger partial charge is 0.341 e. The summed E-state index contributed by atoms with van der Waals surface area (Å²) in [4.78, 5) is 16.4. The van der Waals surface area contributed by atoms with Gasteiger partial charge in [0.1, 0.15) is 11.2 Å². The van der Waals surface area contributed by atoms with E-state index in [-0.39, 0.29) is 0 Å². The number of pyridine rings is 1. The molecule has 0 spiro atoms. The molecule has 0 aliphatic rings. The molecule has 2 aromatic rings. The molecule has 0 atom stereocenters. The number of carbonyl (C=O) groups is 1. The Bertz CT molecular complexity index is 671. The Morgan fingerprint density at radius 3 is 2.53 bits per heavy atom. The number of methoxy groups -OCH3 is 1. The highest BCUT2D eigenvalue weighted by molar-refractivity contribution is 6.06. The number of anilines is 1. The Morgan fingerprint density at radius 1 is 1.37 bits per heavy atom. The van der Waals surface area contributed by atoms with Crippen molar-refractivity contribution in [2.75, 3.05) is 12.8 Å². The molecule has 2 aromatic heterocycles. The number of hydrogen-bond donors (Lipinski definition) is 1. The van der Waals surface area contributed by atoms with E-state index < -0.39 is 5.97 Å². The summed E-state index contributed by atoms with van der Waals surface area (Å²) < 4.78 is 6.89. The van der Waals surface area contributed by atoms with Gasteiger partial charge < -0.3 is 15.0 Å². The van der Waals surface area contributed by atoms with Gasteiger partial charge in [-0.2, -0.15) is 0 Å². The van der Waals surface area contributed by atoms with Crippen LogP contribution < -0.4 is 5.73 Å². The summed E-state index contributed by atoms with van der Waals surface area (Å²) >= 11 is 0. The number of esters is 1. The lowest BCUT2D eigenvalue weighted by Gasteiger charge is -2.09. The summed E-state index contributed by atoms with van der Waals surface area (Å²) in [6.45, 7) is 8.69. The van der Waals surface area contributed by atoms with E-state index in [9.17, 15) is 4.79 Å². The fraction of sp³-hybridized carbons (Fsp3) is 0.429. The Morgan fingerprint density at radius 2 is 2.00 bits per heavy atom. The van der Waals surface area contributed by atoms with Crippen molar-refractivity contribution in [1.82, 2.24) is 9.55 Å². The average Bonchev–Trinajstić information content (AvgIpc) is 2.61. The van der Waals surface area contributed by atoms with Gasteiger partial charge in [-0.05, 0) is 33.3 Å². The predicted molar refractivity (Wildman–Crippen MR) is 75.4 cm³/mol. The van der Waals surface area contributed by atoms with Crippen LogP contribution in [0, 0.1) is 20.8 Å². The predicted octanol–water partition coefficient (Wildman–Crippen LogP) is 2.35. The molecule has 0 aliphatic heterocycles. The van der Waals surface area contributed by atoms with E-state index in [1.54, 1.807) is 6.92 Å². The minimum absolute atomic E-state index is 0.367. The summed E-state index contributed by atoms with van der Waals surface area (Å²) in [7, 11) is 1.35. The van der Waals surface area contributed by atoms with Gasteiger partial charge in [-0.25, -0.2) is 9.78 Å². The SMILES string of the molecule is CCn1c(C)c(C)c2c(N)c(C(=O)OC)c(C)nc21.